The fourth-order valence-corrected chi connectivity index (χ4v) is 2.69. The maximum absolute atomic E-state index is 12.6. The number of carbonyl (C=O) groups excluding carboxylic acids is 2. The number of carbonyl (C=O) groups is 2. The molecular weight excluding hydrogens is 384 g/mol. The Morgan fingerprint density at radius 2 is 1.87 bits per heavy atom. The Morgan fingerprint density at radius 3 is 2.50 bits per heavy atom. The lowest BCUT2D eigenvalue weighted by Crippen LogP contribution is -2.20. The zero-order chi connectivity index (χ0) is 22.3. The first kappa shape index (κ1) is 22.9. The monoisotopic (exact) mass is 410 g/mol. The zero-order valence-corrected chi connectivity index (χ0v) is 17.6. The SMILES string of the molecule is C=C(C)C(O)COC(=O)c1c(C)cccc1/C=C/c1ccc(OC(C)=O)c(OC)c1. The van der Waals surface area contributed by atoms with Crippen LogP contribution in [0.3, 0.4) is 0 Å². The number of aryl methyl sites for hydroxylation is 1. The van der Waals surface area contributed by atoms with Crippen molar-refractivity contribution in [1.29, 1.82) is 0 Å². The van der Waals surface area contributed by atoms with Crippen LogP contribution in [-0.4, -0.2) is 36.9 Å². The van der Waals surface area contributed by atoms with Gasteiger partial charge in [0.1, 0.15) is 12.7 Å². The van der Waals surface area contributed by atoms with E-state index in [1.807, 2.05) is 25.1 Å². The van der Waals surface area contributed by atoms with Crippen molar-refractivity contribution in [3.8, 4) is 11.5 Å². The molecule has 2 aromatic carbocycles. The van der Waals surface area contributed by atoms with Crippen molar-refractivity contribution in [2.75, 3.05) is 13.7 Å². The van der Waals surface area contributed by atoms with Crippen LogP contribution in [0.4, 0.5) is 0 Å². The molecule has 6 heteroatoms. The normalized spacial score (nSPS) is 11.8. The molecular formula is C24H26O6. The molecule has 1 N–H and O–H groups in total. The Morgan fingerprint density at radius 1 is 1.13 bits per heavy atom. The van der Waals surface area contributed by atoms with Gasteiger partial charge in [-0.1, -0.05) is 43.0 Å². The van der Waals surface area contributed by atoms with Crippen LogP contribution >= 0.6 is 0 Å². The Balaban J connectivity index is 2.27. The molecule has 1 unspecified atom stereocenters. The lowest BCUT2D eigenvalue weighted by Gasteiger charge is -2.13. The van der Waals surface area contributed by atoms with Gasteiger partial charge < -0.3 is 19.3 Å². The van der Waals surface area contributed by atoms with Gasteiger partial charge in [-0.3, -0.25) is 4.79 Å². The summed E-state index contributed by atoms with van der Waals surface area (Å²) in [7, 11) is 1.49. The summed E-state index contributed by atoms with van der Waals surface area (Å²) in [6.45, 7) is 8.31. The standard InChI is InChI=1S/C24H26O6/c1-15(2)20(26)14-29-24(27)23-16(3)7-6-8-19(23)11-9-18-10-12-21(30-17(4)25)22(13-18)28-5/h6-13,20,26H,1,14H2,2-5H3/b11-9+. The van der Waals surface area contributed by atoms with E-state index in [1.165, 1.54) is 14.0 Å². The highest BCUT2D eigenvalue weighted by Crippen LogP contribution is 2.29. The van der Waals surface area contributed by atoms with Gasteiger partial charge >= 0.3 is 11.9 Å². The Bertz CT molecular complexity index is 974. The van der Waals surface area contributed by atoms with Crippen LogP contribution in [0.2, 0.25) is 0 Å². The molecule has 0 heterocycles. The van der Waals surface area contributed by atoms with Gasteiger partial charge in [-0.25, -0.2) is 4.79 Å². The van der Waals surface area contributed by atoms with Gasteiger partial charge in [-0.2, -0.15) is 0 Å². The second-order valence-electron chi connectivity index (χ2n) is 6.84. The molecule has 0 aliphatic carbocycles. The number of esters is 2. The second kappa shape index (κ2) is 10.4. The van der Waals surface area contributed by atoms with Gasteiger partial charge in [0, 0.05) is 6.92 Å². The first-order valence-electron chi connectivity index (χ1n) is 9.37. The molecule has 2 rings (SSSR count). The minimum atomic E-state index is -0.903. The number of methoxy groups -OCH3 is 1. The molecule has 30 heavy (non-hydrogen) atoms. The Kier molecular flexibility index (Phi) is 7.95. The van der Waals surface area contributed by atoms with E-state index in [0.29, 0.717) is 28.2 Å². The van der Waals surface area contributed by atoms with Gasteiger partial charge in [-0.05, 0) is 48.2 Å². The van der Waals surface area contributed by atoms with Crippen LogP contribution < -0.4 is 9.47 Å². The topological polar surface area (TPSA) is 82.1 Å². The number of ether oxygens (including phenoxy) is 3. The zero-order valence-electron chi connectivity index (χ0n) is 17.6. The van der Waals surface area contributed by atoms with E-state index in [4.69, 9.17) is 14.2 Å². The van der Waals surface area contributed by atoms with Crippen molar-refractivity contribution in [2.24, 2.45) is 0 Å². The maximum Gasteiger partial charge on any atom is 0.339 e. The fraction of sp³-hybridized carbons (Fsp3) is 0.250. The van der Waals surface area contributed by atoms with Gasteiger partial charge in [0.05, 0.1) is 12.7 Å². The summed E-state index contributed by atoms with van der Waals surface area (Å²) in [6, 6.07) is 10.6. The molecule has 1 atom stereocenters. The van der Waals surface area contributed by atoms with E-state index in [9.17, 15) is 14.7 Å². The van der Waals surface area contributed by atoms with Crippen molar-refractivity contribution in [3.63, 3.8) is 0 Å². The third kappa shape index (κ3) is 6.06. The Hall–Kier alpha value is -3.38. The second-order valence-corrected chi connectivity index (χ2v) is 6.84. The van der Waals surface area contributed by atoms with E-state index >= 15 is 0 Å². The van der Waals surface area contributed by atoms with Crippen LogP contribution in [0, 0.1) is 6.92 Å². The first-order chi connectivity index (χ1) is 14.2. The van der Waals surface area contributed by atoms with Crippen LogP contribution in [0.5, 0.6) is 11.5 Å². The van der Waals surface area contributed by atoms with Gasteiger partial charge in [-0.15, -0.1) is 0 Å². The molecule has 0 spiro atoms. The predicted octanol–water partition coefficient (Wildman–Crippen LogP) is 4.19. The lowest BCUT2D eigenvalue weighted by molar-refractivity contribution is -0.132. The molecule has 0 amide bonds. The molecule has 0 radical (unpaired) electrons. The van der Waals surface area contributed by atoms with Crippen molar-refractivity contribution in [3.05, 3.63) is 70.8 Å². The molecule has 6 nitrogen and oxygen atoms in total. The molecule has 0 saturated heterocycles. The van der Waals surface area contributed by atoms with E-state index in [-0.39, 0.29) is 6.61 Å². The molecule has 2 aromatic rings. The molecule has 0 fully saturated rings. The quantitative estimate of drug-likeness (QED) is 0.304. The number of benzene rings is 2. The molecule has 0 bridgehead atoms. The summed E-state index contributed by atoms with van der Waals surface area (Å²) in [6.07, 6.45) is 2.70. The summed E-state index contributed by atoms with van der Waals surface area (Å²) < 4.78 is 15.6. The van der Waals surface area contributed by atoms with Crippen LogP contribution in [0.25, 0.3) is 12.2 Å². The maximum atomic E-state index is 12.6. The average Bonchev–Trinajstić information content (AvgIpc) is 2.70. The molecule has 158 valence electrons. The Labute approximate surface area is 176 Å². The van der Waals surface area contributed by atoms with E-state index in [2.05, 4.69) is 6.58 Å². The van der Waals surface area contributed by atoms with Crippen molar-refractivity contribution < 1.29 is 28.9 Å². The number of rotatable bonds is 8. The minimum Gasteiger partial charge on any atom is -0.493 e. The average molecular weight is 410 g/mol. The van der Waals surface area contributed by atoms with Crippen LogP contribution in [0.1, 0.15) is 40.9 Å². The number of aliphatic hydroxyl groups excluding tert-OH is 1. The third-order valence-corrected chi connectivity index (χ3v) is 4.35. The molecule has 0 aliphatic rings. The summed E-state index contributed by atoms with van der Waals surface area (Å²) >= 11 is 0. The number of aliphatic hydroxyl groups is 1. The smallest absolute Gasteiger partial charge is 0.339 e. The lowest BCUT2D eigenvalue weighted by atomic mass is 10.0. The highest BCUT2D eigenvalue weighted by molar-refractivity contribution is 5.96. The van der Waals surface area contributed by atoms with E-state index < -0.39 is 18.0 Å². The largest absolute Gasteiger partial charge is 0.493 e. The van der Waals surface area contributed by atoms with Gasteiger partial charge in [0.2, 0.25) is 0 Å². The van der Waals surface area contributed by atoms with Crippen molar-refractivity contribution >= 4 is 24.1 Å². The predicted molar refractivity (Wildman–Crippen MR) is 116 cm³/mol. The number of hydrogen-bond acceptors (Lipinski definition) is 6. The highest BCUT2D eigenvalue weighted by atomic mass is 16.6. The summed E-state index contributed by atoms with van der Waals surface area (Å²) in [5.74, 6) is -0.199. The van der Waals surface area contributed by atoms with E-state index in [1.54, 1.807) is 37.3 Å². The van der Waals surface area contributed by atoms with Crippen molar-refractivity contribution in [1.82, 2.24) is 0 Å². The van der Waals surface area contributed by atoms with Crippen LogP contribution in [0.15, 0.2) is 48.6 Å². The van der Waals surface area contributed by atoms with E-state index in [0.717, 1.165) is 11.1 Å². The van der Waals surface area contributed by atoms with Gasteiger partial charge in [0.25, 0.3) is 0 Å². The summed E-state index contributed by atoms with van der Waals surface area (Å²) in [5.41, 5.74) is 3.17. The highest BCUT2D eigenvalue weighted by Gasteiger charge is 2.16. The molecule has 0 aromatic heterocycles. The summed E-state index contributed by atoms with van der Waals surface area (Å²) in [4.78, 5) is 23.8. The van der Waals surface area contributed by atoms with Crippen LogP contribution in [-0.2, 0) is 9.53 Å². The summed E-state index contributed by atoms with van der Waals surface area (Å²) in [5, 5.41) is 9.81. The minimum absolute atomic E-state index is 0.152. The van der Waals surface area contributed by atoms with Crippen molar-refractivity contribution in [2.45, 2.75) is 26.9 Å². The van der Waals surface area contributed by atoms with Gasteiger partial charge in [0.15, 0.2) is 11.5 Å². The first-order valence-corrected chi connectivity index (χ1v) is 9.37. The molecule has 0 saturated carbocycles. The molecule has 0 aliphatic heterocycles. The fourth-order valence-electron chi connectivity index (χ4n) is 2.69. The third-order valence-electron chi connectivity index (χ3n) is 4.35. The number of hydrogen-bond donors (Lipinski definition) is 1.